The Morgan fingerprint density at radius 2 is 1.78 bits per heavy atom. The maximum atomic E-state index is 12.3. The first-order valence-electron chi connectivity index (χ1n) is 8.44. The second kappa shape index (κ2) is 8.02. The number of nitrogens with zero attached hydrogens (tertiary/aromatic N) is 1. The SMILES string of the molecule is C[C@H](CC(=O)Nc1nc(-c2ccc(S(C)(=O)=O)cc2)cs1)c1ccccc1. The first-order chi connectivity index (χ1) is 12.8. The van der Waals surface area contributed by atoms with E-state index >= 15 is 0 Å². The molecule has 0 fully saturated rings. The van der Waals surface area contributed by atoms with E-state index in [1.165, 1.54) is 17.6 Å². The number of nitrogens with one attached hydrogen (secondary N) is 1. The molecule has 0 spiro atoms. The van der Waals surface area contributed by atoms with Gasteiger partial charge in [-0.25, -0.2) is 13.4 Å². The molecule has 7 heteroatoms. The lowest BCUT2D eigenvalue weighted by molar-refractivity contribution is -0.116. The van der Waals surface area contributed by atoms with Gasteiger partial charge in [-0.2, -0.15) is 0 Å². The summed E-state index contributed by atoms with van der Waals surface area (Å²) in [6.45, 7) is 2.02. The molecule has 2 aromatic carbocycles. The lowest BCUT2D eigenvalue weighted by Crippen LogP contribution is -2.14. The van der Waals surface area contributed by atoms with Crippen molar-refractivity contribution in [2.24, 2.45) is 0 Å². The molecule has 0 aliphatic rings. The second-order valence-corrected chi connectivity index (χ2v) is 9.27. The number of hydrogen-bond donors (Lipinski definition) is 1. The average Bonchev–Trinajstić information content (AvgIpc) is 3.10. The van der Waals surface area contributed by atoms with Crippen LogP contribution in [0.25, 0.3) is 11.3 Å². The van der Waals surface area contributed by atoms with Gasteiger partial charge in [-0.1, -0.05) is 49.4 Å². The van der Waals surface area contributed by atoms with Gasteiger partial charge in [-0.05, 0) is 23.6 Å². The van der Waals surface area contributed by atoms with Crippen molar-refractivity contribution in [3.8, 4) is 11.3 Å². The van der Waals surface area contributed by atoms with Gasteiger partial charge in [0.05, 0.1) is 10.6 Å². The van der Waals surface area contributed by atoms with Crippen LogP contribution in [0.3, 0.4) is 0 Å². The number of carbonyl (C=O) groups excluding carboxylic acids is 1. The Morgan fingerprint density at radius 1 is 1.11 bits per heavy atom. The number of anilines is 1. The Labute approximate surface area is 163 Å². The van der Waals surface area contributed by atoms with Crippen molar-refractivity contribution in [2.75, 3.05) is 11.6 Å². The number of thiazole rings is 1. The van der Waals surface area contributed by atoms with Crippen molar-refractivity contribution < 1.29 is 13.2 Å². The molecular weight excluding hydrogens is 380 g/mol. The molecule has 0 bridgehead atoms. The zero-order valence-electron chi connectivity index (χ0n) is 15.0. The minimum absolute atomic E-state index is 0.0836. The number of carbonyl (C=O) groups is 1. The number of amides is 1. The van der Waals surface area contributed by atoms with Crippen LogP contribution >= 0.6 is 11.3 Å². The molecule has 3 rings (SSSR count). The van der Waals surface area contributed by atoms with Gasteiger partial charge in [-0.3, -0.25) is 4.79 Å². The van der Waals surface area contributed by atoms with Crippen LogP contribution in [0.2, 0.25) is 0 Å². The van der Waals surface area contributed by atoms with E-state index in [1.54, 1.807) is 24.3 Å². The van der Waals surface area contributed by atoms with Crippen molar-refractivity contribution >= 4 is 32.2 Å². The first kappa shape index (κ1) is 19.3. The van der Waals surface area contributed by atoms with E-state index in [0.717, 1.165) is 11.1 Å². The quantitative estimate of drug-likeness (QED) is 0.667. The number of benzene rings is 2. The van der Waals surface area contributed by atoms with Gasteiger partial charge in [0.2, 0.25) is 5.91 Å². The lowest BCUT2D eigenvalue weighted by Gasteiger charge is -2.10. The highest BCUT2D eigenvalue weighted by Crippen LogP contribution is 2.27. The molecule has 1 aromatic heterocycles. The van der Waals surface area contributed by atoms with Gasteiger partial charge in [0.15, 0.2) is 15.0 Å². The molecule has 27 heavy (non-hydrogen) atoms. The second-order valence-electron chi connectivity index (χ2n) is 6.40. The van der Waals surface area contributed by atoms with Gasteiger partial charge in [-0.15, -0.1) is 11.3 Å². The van der Waals surface area contributed by atoms with Crippen LogP contribution in [0.5, 0.6) is 0 Å². The number of hydrogen-bond acceptors (Lipinski definition) is 5. The Kier molecular flexibility index (Phi) is 5.72. The van der Waals surface area contributed by atoms with Gasteiger partial charge >= 0.3 is 0 Å². The van der Waals surface area contributed by atoms with E-state index in [1.807, 2.05) is 42.6 Å². The molecule has 0 radical (unpaired) electrons. The molecule has 1 amide bonds. The maximum absolute atomic E-state index is 12.3. The molecule has 5 nitrogen and oxygen atoms in total. The largest absolute Gasteiger partial charge is 0.302 e. The predicted octanol–water partition coefficient (Wildman–Crippen LogP) is 4.35. The third kappa shape index (κ3) is 5.02. The predicted molar refractivity (Wildman–Crippen MR) is 109 cm³/mol. The summed E-state index contributed by atoms with van der Waals surface area (Å²) in [4.78, 5) is 17.0. The van der Waals surface area contributed by atoms with E-state index in [2.05, 4.69) is 10.3 Å². The zero-order chi connectivity index (χ0) is 19.4. The van der Waals surface area contributed by atoms with Crippen LogP contribution < -0.4 is 5.32 Å². The zero-order valence-corrected chi connectivity index (χ0v) is 16.7. The van der Waals surface area contributed by atoms with E-state index in [4.69, 9.17) is 0 Å². The number of aromatic nitrogens is 1. The van der Waals surface area contributed by atoms with E-state index < -0.39 is 9.84 Å². The highest BCUT2D eigenvalue weighted by molar-refractivity contribution is 7.90. The van der Waals surface area contributed by atoms with Gasteiger partial charge in [0, 0.05) is 23.6 Å². The summed E-state index contributed by atoms with van der Waals surface area (Å²) >= 11 is 1.34. The summed E-state index contributed by atoms with van der Waals surface area (Å²) < 4.78 is 23.1. The standard InChI is InChI=1S/C20H20N2O3S2/c1-14(15-6-4-3-5-7-15)12-19(23)22-20-21-18(13-26-20)16-8-10-17(11-9-16)27(2,24)25/h3-11,13-14H,12H2,1-2H3,(H,21,22,23)/t14-/m1/s1. The lowest BCUT2D eigenvalue weighted by atomic mass is 9.98. The molecule has 0 aliphatic heterocycles. The molecule has 3 aromatic rings. The molecule has 0 unspecified atom stereocenters. The summed E-state index contributed by atoms with van der Waals surface area (Å²) in [5, 5.41) is 5.21. The number of rotatable bonds is 6. The van der Waals surface area contributed by atoms with Gasteiger partial charge < -0.3 is 5.32 Å². The fourth-order valence-corrected chi connectivity index (χ4v) is 4.05. The molecule has 0 saturated carbocycles. The molecule has 0 aliphatic carbocycles. The van der Waals surface area contributed by atoms with Crippen molar-refractivity contribution in [2.45, 2.75) is 24.2 Å². The maximum Gasteiger partial charge on any atom is 0.226 e. The van der Waals surface area contributed by atoms with Gasteiger partial charge in [0.1, 0.15) is 0 Å². The van der Waals surface area contributed by atoms with E-state index in [-0.39, 0.29) is 16.7 Å². The van der Waals surface area contributed by atoms with Crippen molar-refractivity contribution in [1.29, 1.82) is 0 Å². The van der Waals surface area contributed by atoms with Crippen LogP contribution in [0.4, 0.5) is 5.13 Å². The van der Waals surface area contributed by atoms with Crippen LogP contribution in [-0.4, -0.2) is 25.6 Å². The van der Waals surface area contributed by atoms with Crippen LogP contribution in [-0.2, 0) is 14.6 Å². The highest BCUT2D eigenvalue weighted by atomic mass is 32.2. The Bertz CT molecular complexity index is 1030. The normalized spacial score (nSPS) is 12.5. The van der Waals surface area contributed by atoms with Gasteiger partial charge in [0.25, 0.3) is 0 Å². The van der Waals surface area contributed by atoms with Crippen LogP contribution in [0, 0.1) is 0 Å². The van der Waals surface area contributed by atoms with Crippen molar-refractivity contribution in [1.82, 2.24) is 4.98 Å². The van der Waals surface area contributed by atoms with E-state index in [0.29, 0.717) is 17.2 Å². The fourth-order valence-electron chi connectivity index (χ4n) is 2.68. The summed E-state index contributed by atoms with van der Waals surface area (Å²) in [5.41, 5.74) is 2.63. The van der Waals surface area contributed by atoms with Crippen LogP contribution in [0.15, 0.2) is 64.9 Å². The molecule has 1 heterocycles. The Balaban J connectivity index is 1.64. The molecule has 0 saturated heterocycles. The molecule has 1 atom stereocenters. The molecular formula is C20H20N2O3S2. The minimum Gasteiger partial charge on any atom is -0.302 e. The first-order valence-corrected chi connectivity index (χ1v) is 11.2. The number of sulfone groups is 1. The Morgan fingerprint density at radius 3 is 2.41 bits per heavy atom. The monoisotopic (exact) mass is 400 g/mol. The summed E-state index contributed by atoms with van der Waals surface area (Å²) in [5.74, 6) is 0.0360. The summed E-state index contributed by atoms with van der Waals surface area (Å²) in [6, 6.07) is 16.5. The Hall–Kier alpha value is -2.51. The smallest absolute Gasteiger partial charge is 0.226 e. The average molecular weight is 401 g/mol. The fraction of sp³-hybridized carbons (Fsp3) is 0.200. The topological polar surface area (TPSA) is 76.1 Å². The highest BCUT2D eigenvalue weighted by Gasteiger charge is 2.14. The van der Waals surface area contributed by atoms with Crippen molar-refractivity contribution in [3.63, 3.8) is 0 Å². The van der Waals surface area contributed by atoms with E-state index in [9.17, 15) is 13.2 Å². The van der Waals surface area contributed by atoms with Crippen molar-refractivity contribution in [3.05, 3.63) is 65.5 Å². The van der Waals surface area contributed by atoms with Crippen LogP contribution in [0.1, 0.15) is 24.8 Å². The molecule has 140 valence electrons. The minimum atomic E-state index is -3.22. The molecule has 1 N–H and O–H groups in total. The summed E-state index contributed by atoms with van der Waals surface area (Å²) in [7, 11) is -3.22. The summed E-state index contributed by atoms with van der Waals surface area (Å²) in [6.07, 6.45) is 1.55. The third-order valence-corrected chi connectivity index (χ3v) is 6.08. The third-order valence-electron chi connectivity index (χ3n) is 4.19.